The van der Waals surface area contributed by atoms with Crippen LogP contribution in [0.15, 0.2) is 85.1 Å². The molecule has 1 fully saturated rings. The number of rotatable bonds is 47. The van der Waals surface area contributed by atoms with Crippen LogP contribution in [0.4, 0.5) is 0 Å². The molecule has 1 saturated heterocycles. The van der Waals surface area contributed by atoms with Gasteiger partial charge in [0.15, 0.2) is 24.6 Å². The summed E-state index contributed by atoms with van der Waals surface area (Å²) in [7, 11) is 0. The Morgan fingerprint density at radius 3 is 1.41 bits per heavy atom. The Morgan fingerprint density at radius 1 is 0.466 bits per heavy atom. The van der Waals surface area contributed by atoms with Gasteiger partial charge in [0.2, 0.25) is 0 Å². The van der Waals surface area contributed by atoms with Crippen molar-refractivity contribution in [3.05, 3.63) is 85.1 Å². The fraction of sp³-hybridized carbons (Fsp3) is 0.705. The Bertz CT molecular complexity index is 1590. The third kappa shape index (κ3) is 39.0. The van der Waals surface area contributed by atoms with Crippen LogP contribution in [0.1, 0.15) is 226 Å². The predicted octanol–water partition coefficient (Wildman–Crippen LogP) is 14.3. The van der Waals surface area contributed by atoms with E-state index in [1.165, 1.54) is 44.9 Å². The fourth-order valence-electron chi connectivity index (χ4n) is 8.05. The second-order valence-electron chi connectivity index (χ2n) is 19.2. The zero-order chi connectivity index (χ0) is 53.3. The molecule has 73 heavy (non-hydrogen) atoms. The minimum Gasteiger partial charge on any atom is -0.479 e. The first-order valence-electron chi connectivity index (χ1n) is 28.6. The molecule has 0 aromatic rings. The number of hydrogen-bond donors (Lipinski definition) is 3. The minimum absolute atomic E-state index is 0.0413. The van der Waals surface area contributed by atoms with Crippen molar-refractivity contribution in [1.82, 2.24) is 0 Å². The van der Waals surface area contributed by atoms with E-state index in [1.54, 1.807) is 0 Å². The largest absolute Gasteiger partial charge is 0.479 e. The number of esters is 3. The number of aliphatic carboxylic acids is 1. The van der Waals surface area contributed by atoms with E-state index in [9.17, 15) is 34.5 Å². The SMILES string of the molecule is CC/C=C\C/C=C\C/C=C\C/C=C\CCC(=O)OCC(COC1OC(C(=O)O)C(O)C(O)C1OC(=O)CCCCCCCCC/C=C\C/C=C\CCCCC)OC(=O)CCCCCCC/C=C\CCCCCC. The predicted molar refractivity (Wildman–Crippen MR) is 294 cm³/mol. The number of carbonyl (C=O) groups is 4. The van der Waals surface area contributed by atoms with E-state index in [0.717, 1.165) is 122 Å². The van der Waals surface area contributed by atoms with Crippen molar-refractivity contribution in [3.8, 4) is 0 Å². The zero-order valence-electron chi connectivity index (χ0n) is 45.6. The van der Waals surface area contributed by atoms with Gasteiger partial charge in [-0.3, -0.25) is 14.4 Å². The third-order valence-corrected chi connectivity index (χ3v) is 12.4. The van der Waals surface area contributed by atoms with Crippen LogP contribution in [-0.4, -0.2) is 89.2 Å². The van der Waals surface area contributed by atoms with Crippen molar-refractivity contribution in [1.29, 1.82) is 0 Å². The zero-order valence-corrected chi connectivity index (χ0v) is 45.6. The number of carbonyl (C=O) groups excluding carboxylic acids is 3. The van der Waals surface area contributed by atoms with E-state index in [2.05, 4.69) is 93.7 Å². The van der Waals surface area contributed by atoms with E-state index in [1.807, 2.05) is 12.2 Å². The molecule has 0 aliphatic carbocycles. The molecule has 0 aromatic heterocycles. The maximum absolute atomic E-state index is 13.1. The summed E-state index contributed by atoms with van der Waals surface area (Å²) in [4.78, 5) is 51.0. The van der Waals surface area contributed by atoms with E-state index in [0.29, 0.717) is 19.3 Å². The highest BCUT2D eigenvalue weighted by Gasteiger charge is 2.50. The highest BCUT2D eigenvalue weighted by Crippen LogP contribution is 2.26. The van der Waals surface area contributed by atoms with Gasteiger partial charge >= 0.3 is 23.9 Å². The van der Waals surface area contributed by atoms with Crippen molar-refractivity contribution in [2.45, 2.75) is 263 Å². The Kier molecular flexibility index (Phi) is 44.7. The van der Waals surface area contributed by atoms with Gasteiger partial charge in [-0.05, 0) is 103 Å². The Hall–Kier alpha value is -4.10. The second-order valence-corrected chi connectivity index (χ2v) is 19.2. The summed E-state index contributed by atoms with van der Waals surface area (Å²) in [6.07, 6.45) is 50.0. The van der Waals surface area contributed by atoms with Gasteiger partial charge in [0.05, 0.1) is 6.61 Å². The number of carboxylic acids is 1. The number of allylic oxidation sites excluding steroid dienone is 14. The van der Waals surface area contributed by atoms with Crippen LogP contribution in [0.5, 0.6) is 0 Å². The van der Waals surface area contributed by atoms with Gasteiger partial charge < -0.3 is 39.0 Å². The van der Waals surface area contributed by atoms with Crippen molar-refractivity contribution in [2.75, 3.05) is 13.2 Å². The first-order chi connectivity index (χ1) is 35.6. The fourth-order valence-corrected chi connectivity index (χ4v) is 8.05. The molecule has 0 spiro atoms. The van der Waals surface area contributed by atoms with E-state index < -0.39 is 67.3 Å². The maximum atomic E-state index is 13.1. The highest BCUT2D eigenvalue weighted by atomic mass is 16.7. The first-order valence-corrected chi connectivity index (χ1v) is 28.6. The lowest BCUT2D eigenvalue weighted by Gasteiger charge is -2.40. The van der Waals surface area contributed by atoms with Crippen LogP contribution in [0, 0.1) is 0 Å². The van der Waals surface area contributed by atoms with Crippen molar-refractivity contribution < 1.29 is 58.2 Å². The monoisotopic (exact) mass is 1020 g/mol. The van der Waals surface area contributed by atoms with E-state index in [-0.39, 0.29) is 25.9 Å². The molecule has 0 saturated carbocycles. The van der Waals surface area contributed by atoms with Crippen LogP contribution in [0.2, 0.25) is 0 Å². The molecule has 0 aromatic carbocycles. The molecule has 416 valence electrons. The summed E-state index contributed by atoms with van der Waals surface area (Å²) in [6, 6.07) is 0. The normalized spacial score (nSPS) is 18.9. The lowest BCUT2D eigenvalue weighted by molar-refractivity contribution is -0.301. The lowest BCUT2D eigenvalue weighted by atomic mass is 9.98. The molecule has 1 aliphatic heterocycles. The summed E-state index contributed by atoms with van der Waals surface area (Å²) in [5, 5.41) is 31.4. The average Bonchev–Trinajstić information content (AvgIpc) is 3.37. The molecule has 12 nitrogen and oxygen atoms in total. The lowest BCUT2D eigenvalue weighted by Crippen LogP contribution is -2.61. The molecule has 6 atom stereocenters. The Balaban J connectivity index is 2.74. The van der Waals surface area contributed by atoms with Gasteiger partial charge in [0.1, 0.15) is 18.8 Å². The Morgan fingerprint density at radius 2 is 0.890 bits per heavy atom. The van der Waals surface area contributed by atoms with Gasteiger partial charge in [0.25, 0.3) is 0 Å². The molecule has 6 unspecified atom stereocenters. The van der Waals surface area contributed by atoms with Gasteiger partial charge in [-0.1, -0.05) is 189 Å². The molecular weight excluding hydrogens is 925 g/mol. The van der Waals surface area contributed by atoms with Crippen LogP contribution in [-0.2, 0) is 42.9 Å². The molecule has 1 rings (SSSR count). The quantitative estimate of drug-likeness (QED) is 0.0228. The molecule has 12 heteroatoms. The molecule has 1 heterocycles. The number of aliphatic hydroxyl groups is 2. The van der Waals surface area contributed by atoms with Crippen LogP contribution in [0.3, 0.4) is 0 Å². The summed E-state index contributed by atoms with van der Waals surface area (Å²) in [5.41, 5.74) is 0. The highest BCUT2D eigenvalue weighted by molar-refractivity contribution is 5.74. The molecule has 3 N–H and O–H groups in total. The van der Waals surface area contributed by atoms with Gasteiger partial charge in [-0.2, -0.15) is 0 Å². The van der Waals surface area contributed by atoms with Gasteiger partial charge in [-0.15, -0.1) is 0 Å². The second kappa shape index (κ2) is 48.8. The number of aliphatic hydroxyl groups excluding tert-OH is 2. The molecular formula is C61H100O12. The third-order valence-electron chi connectivity index (χ3n) is 12.4. The van der Waals surface area contributed by atoms with Crippen LogP contribution in [0.25, 0.3) is 0 Å². The topological polar surface area (TPSA) is 175 Å². The van der Waals surface area contributed by atoms with Crippen LogP contribution < -0.4 is 0 Å². The van der Waals surface area contributed by atoms with Gasteiger partial charge in [0, 0.05) is 19.3 Å². The number of ether oxygens (including phenoxy) is 5. The first kappa shape index (κ1) is 66.9. The Labute approximate surface area is 441 Å². The average molecular weight is 1030 g/mol. The summed E-state index contributed by atoms with van der Waals surface area (Å²) in [5.74, 6) is -3.25. The summed E-state index contributed by atoms with van der Waals surface area (Å²) >= 11 is 0. The molecule has 0 radical (unpaired) electrons. The maximum Gasteiger partial charge on any atom is 0.335 e. The van der Waals surface area contributed by atoms with Crippen molar-refractivity contribution in [2.24, 2.45) is 0 Å². The molecule has 0 amide bonds. The molecule has 1 aliphatic rings. The number of carboxylic acid groups (broad SMARTS) is 1. The summed E-state index contributed by atoms with van der Waals surface area (Å²) in [6.45, 7) is 5.75. The van der Waals surface area contributed by atoms with Crippen molar-refractivity contribution >= 4 is 23.9 Å². The van der Waals surface area contributed by atoms with E-state index in [4.69, 9.17) is 23.7 Å². The standard InChI is InChI=1S/C61H100O12/c1-4-7-10-13-16-19-22-25-26-27-28-31-34-37-40-43-46-49-55(64)72-59-57(66)56(65)58(60(67)68)73-61(59)70-51-52(71-54(63)48-45-42-39-36-33-30-24-21-18-15-12-9-6-3)50-69-53(62)47-44-41-38-35-32-29-23-20-17-14-11-8-5-2/h8,11,16-17,19-21,24-26,29,32,38,41,52,56-59,61,65-66H,4-7,9-10,12-15,18,22-23,27-28,30-31,33-37,39-40,42-51H2,1-3H3,(H,67,68)/b11-8-,19-16-,20-17-,24-21-,26-25-,32-29-,41-38-. The van der Waals surface area contributed by atoms with Gasteiger partial charge in [-0.25, -0.2) is 4.79 Å². The minimum atomic E-state index is -1.92. The number of unbranched alkanes of at least 4 members (excludes halogenated alkanes) is 19. The van der Waals surface area contributed by atoms with Crippen LogP contribution >= 0.6 is 0 Å². The van der Waals surface area contributed by atoms with E-state index >= 15 is 0 Å². The summed E-state index contributed by atoms with van der Waals surface area (Å²) < 4.78 is 28.3. The molecule has 0 bridgehead atoms. The number of hydrogen-bond acceptors (Lipinski definition) is 11. The smallest absolute Gasteiger partial charge is 0.335 e. The van der Waals surface area contributed by atoms with Crippen molar-refractivity contribution in [3.63, 3.8) is 0 Å².